The van der Waals surface area contributed by atoms with Crippen LogP contribution in [0.5, 0.6) is 0 Å². The molecule has 23 heavy (non-hydrogen) atoms. The van der Waals surface area contributed by atoms with Gasteiger partial charge in [-0.05, 0) is 6.07 Å². The lowest BCUT2D eigenvalue weighted by Crippen LogP contribution is -1.98. The van der Waals surface area contributed by atoms with Gasteiger partial charge in [-0.3, -0.25) is 0 Å². The second-order valence-corrected chi connectivity index (χ2v) is 5.37. The van der Waals surface area contributed by atoms with E-state index in [4.69, 9.17) is 5.11 Å². The number of aromatic nitrogens is 2. The molecule has 0 aliphatic heterocycles. The van der Waals surface area contributed by atoms with Crippen LogP contribution in [0.25, 0.3) is 11.3 Å². The van der Waals surface area contributed by atoms with Crippen molar-refractivity contribution < 1.29 is 23.1 Å². The molecular formula is C14H8F3N3O2S. The molecule has 3 aromatic rings. The highest BCUT2D eigenvalue weighted by Crippen LogP contribution is 2.30. The predicted octanol–water partition coefficient (Wildman–Crippen LogP) is 4.00. The van der Waals surface area contributed by atoms with Gasteiger partial charge in [0.25, 0.3) is 0 Å². The number of carboxylic acid groups (broad SMARTS) is 1. The van der Waals surface area contributed by atoms with Crippen LogP contribution in [0.15, 0.2) is 29.8 Å². The zero-order chi connectivity index (χ0) is 16.6. The molecule has 2 aromatic heterocycles. The average Bonchev–Trinajstić information content (AvgIpc) is 3.11. The van der Waals surface area contributed by atoms with E-state index in [1.54, 1.807) is 5.38 Å². The molecule has 3 rings (SSSR count). The highest BCUT2D eigenvalue weighted by Gasteiger charge is 2.15. The van der Waals surface area contributed by atoms with Gasteiger partial charge in [0, 0.05) is 29.3 Å². The third-order valence-electron chi connectivity index (χ3n) is 2.95. The fourth-order valence-corrected chi connectivity index (χ4v) is 2.62. The Bertz CT molecular complexity index is 868. The van der Waals surface area contributed by atoms with Crippen molar-refractivity contribution in [2.24, 2.45) is 0 Å². The maximum absolute atomic E-state index is 13.6. The summed E-state index contributed by atoms with van der Waals surface area (Å²) in [6, 6.07) is 2.51. The van der Waals surface area contributed by atoms with Gasteiger partial charge in [-0.25, -0.2) is 22.9 Å². The topological polar surface area (TPSA) is 78.0 Å². The molecule has 0 amide bonds. The third kappa shape index (κ3) is 3.04. The Balaban J connectivity index is 1.86. The van der Waals surface area contributed by atoms with Gasteiger partial charge in [0.05, 0.1) is 5.69 Å². The molecule has 1 aromatic carbocycles. The third-order valence-corrected chi connectivity index (χ3v) is 3.71. The largest absolute Gasteiger partial charge is 0.477 e. The van der Waals surface area contributed by atoms with Gasteiger partial charge in [0.15, 0.2) is 16.8 Å². The number of aromatic amines is 1. The molecule has 0 unspecified atom stereocenters. The number of H-pyrrole nitrogens is 1. The lowest BCUT2D eigenvalue weighted by molar-refractivity contribution is 0.0691. The van der Waals surface area contributed by atoms with Crippen LogP contribution in [0.3, 0.4) is 0 Å². The summed E-state index contributed by atoms with van der Waals surface area (Å²) in [7, 11) is 0. The summed E-state index contributed by atoms with van der Waals surface area (Å²) in [6.07, 6.45) is 1.46. The predicted molar refractivity (Wildman–Crippen MR) is 78.5 cm³/mol. The second-order valence-electron chi connectivity index (χ2n) is 4.51. The second kappa shape index (κ2) is 5.76. The Morgan fingerprint density at radius 3 is 2.52 bits per heavy atom. The van der Waals surface area contributed by atoms with E-state index in [0.29, 0.717) is 23.4 Å². The van der Waals surface area contributed by atoms with Crippen molar-refractivity contribution in [1.82, 2.24) is 9.97 Å². The van der Waals surface area contributed by atoms with E-state index in [1.165, 1.54) is 12.3 Å². The Kier molecular flexibility index (Phi) is 3.78. The lowest BCUT2D eigenvalue weighted by atomic mass is 10.2. The molecule has 0 aliphatic rings. The molecule has 2 heterocycles. The first-order chi connectivity index (χ1) is 10.9. The normalized spacial score (nSPS) is 10.7. The van der Waals surface area contributed by atoms with Crippen LogP contribution < -0.4 is 5.32 Å². The molecule has 9 heteroatoms. The zero-order valence-corrected chi connectivity index (χ0v) is 12.0. The zero-order valence-electron chi connectivity index (χ0n) is 11.2. The lowest BCUT2D eigenvalue weighted by Gasteiger charge is -2.05. The molecule has 0 fully saturated rings. The average molecular weight is 339 g/mol. The molecule has 0 aliphatic carbocycles. The van der Waals surface area contributed by atoms with Gasteiger partial charge >= 0.3 is 5.97 Å². The van der Waals surface area contributed by atoms with Crippen LogP contribution in [0.2, 0.25) is 0 Å². The molecule has 0 spiro atoms. The molecule has 3 N–H and O–H groups in total. The molecule has 0 bridgehead atoms. The van der Waals surface area contributed by atoms with Crippen molar-refractivity contribution in [2.75, 3.05) is 5.32 Å². The van der Waals surface area contributed by atoms with Crippen LogP contribution in [0.1, 0.15) is 10.5 Å². The first-order valence-electron chi connectivity index (χ1n) is 6.23. The van der Waals surface area contributed by atoms with Crippen molar-refractivity contribution in [3.63, 3.8) is 0 Å². The van der Waals surface area contributed by atoms with Crippen molar-refractivity contribution in [1.29, 1.82) is 0 Å². The van der Waals surface area contributed by atoms with E-state index in [-0.39, 0.29) is 10.8 Å². The SMILES string of the molecule is O=C(O)c1cc(-c2csc(Nc3c(F)cc(F)cc3F)n2)c[nH]1. The number of rotatable bonds is 4. The Labute approximate surface area is 131 Å². The van der Waals surface area contributed by atoms with Crippen LogP contribution >= 0.6 is 11.3 Å². The minimum Gasteiger partial charge on any atom is -0.477 e. The molecule has 0 saturated heterocycles. The molecule has 0 radical (unpaired) electrons. The summed E-state index contributed by atoms with van der Waals surface area (Å²) in [4.78, 5) is 17.5. The number of anilines is 2. The number of carboxylic acids is 1. The number of hydrogen-bond acceptors (Lipinski definition) is 4. The number of thiazole rings is 1. The molecular weight excluding hydrogens is 331 g/mol. The summed E-state index contributed by atoms with van der Waals surface area (Å²) in [5, 5.41) is 13.1. The van der Waals surface area contributed by atoms with Gasteiger partial charge in [-0.2, -0.15) is 0 Å². The van der Waals surface area contributed by atoms with E-state index >= 15 is 0 Å². The monoisotopic (exact) mass is 339 g/mol. The minimum absolute atomic E-state index is 0.00173. The van der Waals surface area contributed by atoms with Gasteiger partial charge in [-0.1, -0.05) is 0 Å². The highest BCUT2D eigenvalue weighted by molar-refractivity contribution is 7.14. The van der Waals surface area contributed by atoms with Crippen molar-refractivity contribution in [3.8, 4) is 11.3 Å². The molecule has 118 valence electrons. The van der Waals surface area contributed by atoms with Crippen LogP contribution in [0.4, 0.5) is 24.0 Å². The summed E-state index contributed by atoms with van der Waals surface area (Å²) < 4.78 is 40.0. The van der Waals surface area contributed by atoms with Crippen molar-refractivity contribution in [2.45, 2.75) is 0 Å². The number of hydrogen-bond donors (Lipinski definition) is 3. The fourth-order valence-electron chi connectivity index (χ4n) is 1.90. The van der Waals surface area contributed by atoms with Gasteiger partial charge < -0.3 is 15.4 Å². The number of halogens is 3. The Morgan fingerprint density at radius 2 is 1.91 bits per heavy atom. The van der Waals surface area contributed by atoms with E-state index in [9.17, 15) is 18.0 Å². The number of benzene rings is 1. The Hall–Kier alpha value is -2.81. The quantitative estimate of drug-likeness (QED) is 0.671. The molecule has 0 atom stereocenters. The van der Waals surface area contributed by atoms with E-state index in [0.717, 1.165) is 11.3 Å². The van der Waals surface area contributed by atoms with Crippen molar-refractivity contribution >= 4 is 28.1 Å². The first-order valence-corrected chi connectivity index (χ1v) is 7.11. The van der Waals surface area contributed by atoms with Crippen LogP contribution in [-0.4, -0.2) is 21.0 Å². The highest BCUT2D eigenvalue weighted by atomic mass is 32.1. The van der Waals surface area contributed by atoms with Crippen LogP contribution in [0, 0.1) is 17.5 Å². The summed E-state index contributed by atoms with van der Waals surface area (Å²) in [6.45, 7) is 0. The summed E-state index contributed by atoms with van der Waals surface area (Å²) in [5.41, 5.74) is 0.446. The van der Waals surface area contributed by atoms with Crippen molar-refractivity contribution in [3.05, 3.63) is 52.9 Å². The first kappa shape index (κ1) is 15.1. The molecule has 5 nitrogen and oxygen atoms in total. The standard InChI is InChI=1S/C14H8F3N3O2S/c15-7-2-8(16)12(9(17)3-7)20-14-19-11(5-23-14)6-1-10(13(21)22)18-4-6/h1-5,18H,(H,19,20)(H,21,22). The van der Waals surface area contributed by atoms with Crippen LogP contribution in [-0.2, 0) is 0 Å². The van der Waals surface area contributed by atoms with Gasteiger partial charge in [-0.15, -0.1) is 11.3 Å². The van der Waals surface area contributed by atoms with E-state index < -0.39 is 29.1 Å². The smallest absolute Gasteiger partial charge is 0.352 e. The Morgan fingerprint density at radius 1 is 1.22 bits per heavy atom. The van der Waals surface area contributed by atoms with Gasteiger partial charge in [0.1, 0.15) is 17.2 Å². The number of nitrogens with zero attached hydrogens (tertiary/aromatic N) is 1. The number of carbonyl (C=O) groups is 1. The van der Waals surface area contributed by atoms with E-state index in [1.807, 2.05) is 0 Å². The summed E-state index contributed by atoms with van der Waals surface area (Å²) >= 11 is 1.07. The maximum atomic E-state index is 13.6. The maximum Gasteiger partial charge on any atom is 0.352 e. The molecule has 0 saturated carbocycles. The minimum atomic E-state index is -1.11. The summed E-state index contributed by atoms with van der Waals surface area (Å²) in [5.74, 6) is -4.28. The van der Waals surface area contributed by atoms with Gasteiger partial charge in [0.2, 0.25) is 0 Å². The number of aromatic carboxylic acids is 1. The fraction of sp³-hybridized carbons (Fsp3) is 0. The number of nitrogens with one attached hydrogen (secondary N) is 2. The van der Waals surface area contributed by atoms with E-state index in [2.05, 4.69) is 15.3 Å².